The zero-order valence-electron chi connectivity index (χ0n) is 30.3. The Morgan fingerprint density at radius 2 is 1.07 bits per heavy atom. The quantitative estimate of drug-likeness (QED) is 0.118. The topological polar surface area (TPSA) is 6.25 Å². The lowest BCUT2D eigenvalue weighted by molar-refractivity contribution is 0.682. The Morgan fingerprint density at radius 3 is 1.79 bits per heavy atom. The van der Waals surface area contributed by atoms with Gasteiger partial charge in [0, 0.05) is 28.1 Å². The number of benzene rings is 9. The van der Waals surface area contributed by atoms with Crippen molar-refractivity contribution in [1.29, 1.82) is 0 Å². The van der Waals surface area contributed by atoms with Crippen molar-refractivity contribution in [3.63, 3.8) is 0 Å². The molecule has 1 unspecified atom stereocenters. The maximum atomic E-state index is 2.68. The first kappa shape index (κ1) is 28.5. The van der Waals surface area contributed by atoms with Crippen molar-refractivity contribution in [3.05, 3.63) is 186 Å². The molecule has 0 aromatic heterocycles. The van der Waals surface area contributed by atoms with Crippen LogP contribution in [0.3, 0.4) is 0 Å². The van der Waals surface area contributed by atoms with Gasteiger partial charge < -0.3 is 4.90 Å². The Kier molecular flexibility index (Phi) is 4.92. The minimum Gasteiger partial charge on any atom is -0.301 e. The van der Waals surface area contributed by atoms with Crippen molar-refractivity contribution in [2.24, 2.45) is 0 Å². The Morgan fingerprint density at radius 1 is 0.482 bits per heavy atom. The van der Waals surface area contributed by atoms with Gasteiger partial charge in [-0.1, -0.05) is 166 Å². The number of hydrogen-bond acceptors (Lipinski definition) is 1. The smallest absolute Gasteiger partial charge is 0.242 e. The number of allylic oxidation sites excluding steroid dienone is 2. The fraction of sp³-hybridized carbons (Fsp3) is 0.0192. The predicted molar refractivity (Wildman–Crippen MR) is 236 cm³/mol. The number of anilines is 2. The van der Waals surface area contributed by atoms with E-state index in [2.05, 4.69) is 179 Å². The highest BCUT2D eigenvalue weighted by Crippen LogP contribution is 2.54. The molecule has 0 spiro atoms. The maximum Gasteiger partial charge on any atom is 0.242 e. The van der Waals surface area contributed by atoms with Gasteiger partial charge in [-0.3, -0.25) is 0 Å². The number of hydrogen-bond donors (Lipinski definition) is 0. The van der Waals surface area contributed by atoms with Crippen molar-refractivity contribution in [3.8, 4) is 22.3 Å². The first-order valence-electron chi connectivity index (χ1n) is 20.0. The van der Waals surface area contributed by atoms with E-state index in [4.69, 9.17) is 0 Å². The molecule has 6 aliphatic rings. The number of fused-ring (bicyclic) bond motifs is 16. The largest absolute Gasteiger partial charge is 0.301 e. The summed E-state index contributed by atoms with van der Waals surface area (Å²) < 4.78 is 2.68. The summed E-state index contributed by atoms with van der Waals surface area (Å²) in [6.45, 7) is 0.346. The third-order valence-corrected chi connectivity index (χ3v) is 14.1. The van der Waals surface area contributed by atoms with Crippen LogP contribution in [0.5, 0.6) is 0 Å². The Labute approximate surface area is 323 Å². The highest BCUT2D eigenvalue weighted by molar-refractivity contribution is 7.16. The number of rotatable bonds is 1. The molecule has 15 rings (SSSR count). The number of nitrogens with zero attached hydrogens (tertiary/aromatic N) is 2. The Hall–Kier alpha value is -6.90. The molecule has 0 fully saturated rings. The van der Waals surface area contributed by atoms with Crippen LogP contribution in [0.4, 0.5) is 17.1 Å². The average Bonchev–Trinajstić information content (AvgIpc) is 3.90. The second-order valence-electron chi connectivity index (χ2n) is 16.4. The van der Waals surface area contributed by atoms with E-state index >= 15 is 0 Å². The first-order chi connectivity index (χ1) is 27.9. The van der Waals surface area contributed by atoms with Crippen LogP contribution in [0.1, 0.15) is 0 Å². The molecule has 0 saturated heterocycles. The van der Waals surface area contributed by atoms with Crippen molar-refractivity contribution in [2.45, 2.75) is 6.04 Å². The van der Waals surface area contributed by atoms with Gasteiger partial charge in [-0.2, -0.15) is 4.58 Å². The van der Waals surface area contributed by atoms with E-state index in [-0.39, 0.29) is 19.5 Å². The summed E-state index contributed by atoms with van der Waals surface area (Å²) in [4.78, 5) is 2.60. The Balaban J connectivity index is 1.19. The third kappa shape index (κ3) is 3.05. The fourth-order valence-corrected chi connectivity index (χ4v) is 12.3. The maximum absolute atomic E-state index is 2.68. The van der Waals surface area contributed by atoms with Crippen LogP contribution < -0.4 is 52.8 Å². The van der Waals surface area contributed by atoms with Crippen molar-refractivity contribution < 1.29 is 0 Å². The lowest BCUT2D eigenvalue weighted by atomic mass is 9.22. The lowest BCUT2D eigenvalue weighted by Crippen LogP contribution is -2.72. The average molecular weight is 703 g/mol. The van der Waals surface area contributed by atoms with Gasteiger partial charge in [-0.15, -0.1) is 0 Å². The molecule has 252 valence electrons. The second-order valence-corrected chi connectivity index (χ2v) is 16.4. The zero-order valence-corrected chi connectivity index (χ0v) is 30.3. The van der Waals surface area contributed by atoms with E-state index in [0.717, 1.165) is 0 Å². The molecule has 0 radical (unpaired) electrons. The van der Waals surface area contributed by atoms with Crippen LogP contribution >= 0.6 is 0 Å². The van der Waals surface area contributed by atoms with Crippen LogP contribution in [0.2, 0.25) is 0 Å². The predicted octanol–water partition coefficient (Wildman–Crippen LogP) is 5.85. The summed E-state index contributed by atoms with van der Waals surface area (Å²) >= 11 is 0. The minimum absolute atomic E-state index is 0.0783. The molecule has 9 aromatic carbocycles. The monoisotopic (exact) mass is 703 g/mol. The summed E-state index contributed by atoms with van der Waals surface area (Å²) in [5.41, 5.74) is 21.0. The van der Waals surface area contributed by atoms with Gasteiger partial charge in [0.15, 0.2) is 0 Å². The number of para-hydroxylation sites is 2. The Bertz CT molecular complexity index is 3560. The summed E-state index contributed by atoms with van der Waals surface area (Å²) in [5, 5.41) is 10.8. The molecular formula is C52H29B2N2+. The van der Waals surface area contributed by atoms with Gasteiger partial charge in [0.1, 0.15) is 5.69 Å². The fourth-order valence-electron chi connectivity index (χ4n) is 12.3. The van der Waals surface area contributed by atoms with Crippen molar-refractivity contribution in [1.82, 2.24) is 4.58 Å². The van der Waals surface area contributed by atoms with E-state index in [0.29, 0.717) is 0 Å². The third-order valence-electron chi connectivity index (χ3n) is 14.1. The normalized spacial score (nSPS) is 17.0. The standard InChI is InChI=1S/C52H29B2N2/c1-2-13-29(14-3-1)55-43-26-12-18-35-32-17-6-9-25-42(32)56(50(35)43)52-39-22-11-20-37-45(39)44-36(19-10-21-38(44)51(52)55)48-49(37)54-41-24-8-5-16-31(41)34-28-27-33-30-15-4-7-23-40(30)53(48)46(33)47(34)54/h1-28,50H/q+1. The molecule has 0 amide bonds. The van der Waals surface area contributed by atoms with E-state index in [1.165, 1.54) is 126 Å². The van der Waals surface area contributed by atoms with Gasteiger partial charge in [-0.25, -0.2) is 0 Å². The van der Waals surface area contributed by atoms with E-state index in [1.54, 1.807) is 0 Å². The van der Waals surface area contributed by atoms with Crippen LogP contribution in [0, 0.1) is 0 Å². The molecule has 9 aromatic rings. The molecule has 56 heavy (non-hydrogen) atoms. The van der Waals surface area contributed by atoms with Crippen LogP contribution in [0.15, 0.2) is 176 Å². The van der Waals surface area contributed by atoms with Gasteiger partial charge in [0.25, 0.3) is 0 Å². The van der Waals surface area contributed by atoms with Crippen molar-refractivity contribution >= 4 is 101 Å². The summed E-state index contributed by atoms with van der Waals surface area (Å²) in [5.74, 6) is 0. The van der Waals surface area contributed by atoms with E-state index in [9.17, 15) is 0 Å². The molecular weight excluding hydrogens is 674 g/mol. The molecule has 0 bridgehead atoms. The molecule has 2 nitrogen and oxygen atoms in total. The van der Waals surface area contributed by atoms with Gasteiger partial charge >= 0.3 is 0 Å². The minimum atomic E-state index is 0.0783. The van der Waals surface area contributed by atoms with Gasteiger partial charge in [0.05, 0.1) is 16.3 Å². The molecule has 0 N–H and O–H groups in total. The zero-order chi connectivity index (χ0) is 36.0. The highest BCUT2D eigenvalue weighted by Gasteiger charge is 2.52. The highest BCUT2D eigenvalue weighted by atomic mass is 15.3. The SMILES string of the molecule is C1=CC2=c3ccccc3=[N+]3c4c(c5cccc6c7c(c8cccc4c8c65)B4c5ccccc5-c5ccc6c(c54)B7c4ccccc4-6)N(c4ccccc4)C(=C1)C23. The van der Waals surface area contributed by atoms with E-state index in [1.807, 2.05) is 0 Å². The molecule has 1 aliphatic carbocycles. The van der Waals surface area contributed by atoms with Crippen LogP contribution in [-0.2, 0) is 0 Å². The molecule has 1 atom stereocenters. The first-order valence-corrected chi connectivity index (χ1v) is 20.0. The summed E-state index contributed by atoms with van der Waals surface area (Å²) in [6.07, 6.45) is 6.96. The summed E-state index contributed by atoms with van der Waals surface area (Å²) in [7, 11) is 0. The second kappa shape index (κ2) is 9.66. The molecule has 5 aliphatic heterocycles. The molecule has 0 saturated carbocycles. The lowest BCUT2D eigenvalue weighted by Gasteiger charge is -2.38. The van der Waals surface area contributed by atoms with Gasteiger partial charge in [0.2, 0.25) is 30.5 Å². The molecule has 5 heterocycles. The van der Waals surface area contributed by atoms with Crippen LogP contribution in [-0.4, -0.2) is 19.5 Å². The van der Waals surface area contributed by atoms with Gasteiger partial charge in [-0.05, 0) is 68.8 Å². The van der Waals surface area contributed by atoms with E-state index < -0.39 is 0 Å². The molecule has 4 heteroatoms. The van der Waals surface area contributed by atoms with Crippen molar-refractivity contribution in [2.75, 3.05) is 4.90 Å². The summed E-state index contributed by atoms with van der Waals surface area (Å²) in [6, 6.07) is 58.0. The van der Waals surface area contributed by atoms with Crippen LogP contribution in [0.25, 0.3) is 60.1 Å².